The quantitative estimate of drug-likeness (QED) is 0.653. The number of anilines is 2. The fourth-order valence-electron chi connectivity index (χ4n) is 3.39. The maximum Gasteiger partial charge on any atom is 0.410 e. The Morgan fingerprint density at radius 1 is 1.22 bits per heavy atom. The standard InChI is InChI=1S/C21H29F2N5O4/c1-12(2)31-21(30)28-7-5-27(6-8-28)11-16-9-15(18(22)23)10-17(13(16)3)24-20-26-25-19(32-20)14(4)29/h9-10,12,14,18,29H,5-8,11H2,1-4H3,(H,24,26). The van der Waals surface area contributed by atoms with Crippen molar-refractivity contribution in [2.75, 3.05) is 31.5 Å². The Balaban J connectivity index is 1.73. The van der Waals surface area contributed by atoms with Crippen molar-refractivity contribution in [3.63, 3.8) is 0 Å². The molecule has 0 aliphatic carbocycles. The molecule has 3 rings (SSSR count). The number of aromatic nitrogens is 2. The van der Waals surface area contributed by atoms with Gasteiger partial charge in [0.05, 0.1) is 6.10 Å². The van der Waals surface area contributed by atoms with Crippen LogP contribution in [0.1, 0.15) is 55.9 Å². The van der Waals surface area contributed by atoms with E-state index in [0.29, 0.717) is 38.4 Å². The van der Waals surface area contributed by atoms with Crippen molar-refractivity contribution in [1.29, 1.82) is 0 Å². The van der Waals surface area contributed by atoms with Crippen LogP contribution in [-0.4, -0.2) is 63.5 Å². The van der Waals surface area contributed by atoms with Crippen molar-refractivity contribution in [3.8, 4) is 0 Å². The van der Waals surface area contributed by atoms with E-state index in [1.165, 1.54) is 19.1 Å². The van der Waals surface area contributed by atoms with E-state index in [-0.39, 0.29) is 29.7 Å². The molecule has 1 amide bonds. The van der Waals surface area contributed by atoms with Crippen molar-refractivity contribution in [3.05, 3.63) is 34.7 Å². The van der Waals surface area contributed by atoms with Crippen LogP contribution in [0.2, 0.25) is 0 Å². The van der Waals surface area contributed by atoms with Crippen LogP contribution in [0.15, 0.2) is 16.5 Å². The van der Waals surface area contributed by atoms with E-state index in [0.717, 1.165) is 11.1 Å². The highest BCUT2D eigenvalue weighted by atomic mass is 19.3. The zero-order chi connectivity index (χ0) is 23.4. The Hall–Kier alpha value is -2.79. The number of carbonyl (C=O) groups excluding carboxylic acids is 1. The zero-order valence-electron chi connectivity index (χ0n) is 18.6. The Morgan fingerprint density at radius 2 is 1.91 bits per heavy atom. The lowest BCUT2D eigenvalue weighted by Gasteiger charge is -2.34. The Morgan fingerprint density at radius 3 is 2.47 bits per heavy atom. The zero-order valence-corrected chi connectivity index (χ0v) is 18.6. The van der Waals surface area contributed by atoms with E-state index in [1.54, 1.807) is 18.7 Å². The van der Waals surface area contributed by atoms with Gasteiger partial charge < -0.3 is 24.5 Å². The smallest absolute Gasteiger partial charge is 0.410 e. The number of carbonyl (C=O) groups is 1. The Bertz CT molecular complexity index is 927. The largest absolute Gasteiger partial charge is 0.447 e. The molecule has 1 saturated heterocycles. The second-order valence-electron chi connectivity index (χ2n) is 8.10. The molecule has 0 radical (unpaired) electrons. The van der Waals surface area contributed by atoms with Gasteiger partial charge in [0.25, 0.3) is 6.43 Å². The van der Waals surface area contributed by atoms with Crippen LogP contribution in [0.3, 0.4) is 0 Å². The molecular weight excluding hydrogens is 424 g/mol. The average Bonchev–Trinajstić information content (AvgIpc) is 3.19. The number of piperazine rings is 1. The molecule has 0 saturated carbocycles. The average molecular weight is 453 g/mol. The molecule has 2 N–H and O–H groups in total. The molecule has 1 aromatic heterocycles. The molecule has 2 heterocycles. The second-order valence-corrected chi connectivity index (χ2v) is 8.10. The number of nitrogens with zero attached hydrogens (tertiary/aromatic N) is 4. The Kier molecular flexibility index (Phi) is 7.62. The van der Waals surface area contributed by atoms with E-state index in [4.69, 9.17) is 9.15 Å². The third-order valence-electron chi connectivity index (χ3n) is 5.19. The number of aliphatic hydroxyl groups excluding tert-OH is 1. The maximum absolute atomic E-state index is 13.5. The van der Waals surface area contributed by atoms with Crippen molar-refractivity contribution in [1.82, 2.24) is 20.0 Å². The van der Waals surface area contributed by atoms with E-state index in [2.05, 4.69) is 20.4 Å². The summed E-state index contributed by atoms with van der Waals surface area (Å²) in [5.41, 5.74) is 1.81. The molecule has 2 aromatic rings. The third-order valence-corrected chi connectivity index (χ3v) is 5.19. The third kappa shape index (κ3) is 5.92. The number of hydrogen-bond acceptors (Lipinski definition) is 8. The van der Waals surface area contributed by atoms with Crippen LogP contribution < -0.4 is 5.32 Å². The number of halogens is 2. The highest BCUT2D eigenvalue weighted by Crippen LogP contribution is 2.31. The molecule has 0 spiro atoms. The number of rotatable bonds is 7. The molecule has 1 aliphatic heterocycles. The molecule has 1 unspecified atom stereocenters. The minimum absolute atomic E-state index is 0.0126. The van der Waals surface area contributed by atoms with Crippen LogP contribution in [0.5, 0.6) is 0 Å². The number of benzene rings is 1. The monoisotopic (exact) mass is 453 g/mol. The summed E-state index contributed by atoms with van der Waals surface area (Å²) in [5, 5.41) is 20.0. The van der Waals surface area contributed by atoms with Crippen molar-refractivity contribution in [2.24, 2.45) is 0 Å². The highest BCUT2D eigenvalue weighted by Gasteiger charge is 2.24. The summed E-state index contributed by atoms with van der Waals surface area (Å²) in [6, 6.07) is 2.87. The first-order valence-electron chi connectivity index (χ1n) is 10.5. The number of aliphatic hydroxyl groups is 1. The van der Waals surface area contributed by atoms with E-state index in [9.17, 15) is 18.7 Å². The topological polar surface area (TPSA) is 104 Å². The molecule has 11 heteroatoms. The fraction of sp³-hybridized carbons (Fsp3) is 0.571. The highest BCUT2D eigenvalue weighted by molar-refractivity contribution is 5.68. The van der Waals surface area contributed by atoms with Gasteiger partial charge in [0.15, 0.2) is 0 Å². The molecular formula is C21H29F2N5O4. The minimum Gasteiger partial charge on any atom is -0.447 e. The van der Waals surface area contributed by atoms with Gasteiger partial charge in [-0.25, -0.2) is 13.6 Å². The number of amides is 1. The summed E-state index contributed by atoms with van der Waals surface area (Å²) < 4.78 is 37.7. The first-order valence-corrected chi connectivity index (χ1v) is 10.5. The van der Waals surface area contributed by atoms with Crippen molar-refractivity contribution < 1.29 is 27.8 Å². The summed E-state index contributed by atoms with van der Waals surface area (Å²) in [6.45, 7) is 9.61. The number of ether oxygens (including phenoxy) is 1. The lowest BCUT2D eigenvalue weighted by molar-refractivity contribution is 0.0558. The summed E-state index contributed by atoms with van der Waals surface area (Å²) in [7, 11) is 0. The van der Waals surface area contributed by atoms with Crippen molar-refractivity contribution in [2.45, 2.75) is 52.9 Å². The summed E-state index contributed by atoms with van der Waals surface area (Å²) in [6.07, 6.45) is -4.09. The molecule has 1 atom stereocenters. The predicted octanol–water partition coefficient (Wildman–Crippen LogP) is 3.78. The summed E-state index contributed by atoms with van der Waals surface area (Å²) >= 11 is 0. The van der Waals surface area contributed by atoms with E-state index in [1.807, 2.05) is 6.92 Å². The first-order chi connectivity index (χ1) is 15.1. The van der Waals surface area contributed by atoms with Gasteiger partial charge in [0.1, 0.15) is 6.10 Å². The fourth-order valence-corrected chi connectivity index (χ4v) is 3.39. The predicted molar refractivity (Wildman–Crippen MR) is 113 cm³/mol. The number of hydrogen-bond donors (Lipinski definition) is 2. The number of alkyl halides is 2. The molecule has 1 fully saturated rings. The van der Waals surface area contributed by atoms with Gasteiger partial charge in [-0.1, -0.05) is 5.10 Å². The maximum atomic E-state index is 13.5. The second kappa shape index (κ2) is 10.2. The van der Waals surface area contributed by atoms with Crippen LogP contribution in [0.25, 0.3) is 0 Å². The van der Waals surface area contributed by atoms with Crippen LogP contribution in [0, 0.1) is 6.92 Å². The molecule has 9 nitrogen and oxygen atoms in total. The van der Waals surface area contributed by atoms with Gasteiger partial charge in [0.2, 0.25) is 5.89 Å². The van der Waals surface area contributed by atoms with Crippen molar-refractivity contribution >= 4 is 17.8 Å². The van der Waals surface area contributed by atoms with E-state index < -0.39 is 12.5 Å². The molecule has 176 valence electrons. The normalized spacial score (nSPS) is 16.0. The van der Waals surface area contributed by atoms with Gasteiger partial charge in [-0.2, -0.15) is 0 Å². The van der Waals surface area contributed by atoms with Gasteiger partial charge in [0, 0.05) is 44.0 Å². The van der Waals surface area contributed by atoms with E-state index >= 15 is 0 Å². The molecule has 1 aromatic carbocycles. The lowest BCUT2D eigenvalue weighted by Crippen LogP contribution is -2.48. The molecule has 0 bridgehead atoms. The minimum atomic E-state index is -2.65. The Labute approximate surface area is 185 Å². The molecule has 1 aliphatic rings. The van der Waals surface area contributed by atoms with Gasteiger partial charge in [-0.3, -0.25) is 4.90 Å². The van der Waals surface area contributed by atoms with Crippen LogP contribution in [0.4, 0.5) is 25.3 Å². The summed E-state index contributed by atoms with van der Waals surface area (Å²) in [5.74, 6) is 0.0317. The summed E-state index contributed by atoms with van der Waals surface area (Å²) in [4.78, 5) is 15.8. The SMILES string of the molecule is Cc1c(CN2CCN(C(=O)OC(C)C)CC2)cc(C(F)F)cc1Nc1nnc(C(C)O)o1. The van der Waals surface area contributed by atoms with Crippen LogP contribution in [-0.2, 0) is 11.3 Å². The molecule has 32 heavy (non-hydrogen) atoms. The van der Waals surface area contributed by atoms with Gasteiger partial charge >= 0.3 is 12.1 Å². The first kappa shape index (κ1) is 23.9. The van der Waals surface area contributed by atoms with Gasteiger partial charge in [-0.15, -0.1) is 5.10 Å². The van der Waals surface area contributed by atoms with Crippen LogP contribution >= 0.6 is 0 Å². The lowest BCUT2D eigenvalue weighted by atomic mass is 10.0. The number of nitrogens with one attached hydrogen (secondary N) is 1. The van der Waals surface area contributed by atoms with Gasteiger partial charge in [-0.05, 0) is 51.0 Å².